The minimum atomic E-state index is -3.60. The Balaban J connectivity index is 1.41. The van der Waals surface area contributed by atoms with Crippen molar-refractivity contribution in [2.45, 2.75) is 30.2 Å². The van der Waals surface area contributed by atoms with Gasteiger partial charge in [-0.25, -0.2) is 13.1 Å². The molecule has 1 atom stereocenters. The summed E-state index contributed by atoms with van der Waals surface area (Å²) >= 11 is 0. The number of carbonyl (C=O) groups excluding carboxylic acids is 1. The normalized spacial score (nSPS) is 21.3. The van der Waals surface area contributed by atoms with Gasteiger partial charge in [0.15, 0.2) is 15.5 Å². The maximum atomic E-state index is 13.5. The van der Waals surface area contributed by atoms with Crippen LogP contribution in [0.5, 0.6) is 0 Å². The first-order valence-electron chi connectivity index (χ1n) is 12.6. The second kappa shape index (κ2) is 9.68. The Morgan fingerprint density at radius 3 is 2.54 bits per heavy atom. The smallest absolute Gasteiger partial charge is 0.274 e. The molecule has 6 rings (SSSR count). The molecule has 2 saturated heterocycles. The van der Waals surface area contributed by atoms with Crippen molar-refractivity contribution in [1.82, 2.24) is 19.6 Å². The molecular formula is C27H30N4O5S. The van der Waals surface area contributed by atoms with Gasteiger partial charge in [-0.2, -0.15) is 5.10 Å². The highest BCUT2D eigenvalue weighted by atomic mass is 32.2. The number of amides is 1. The monoisotopic (exact) mass is 522 g/mol. The van der Waals surface area contributed by atoms with Crippen LogP contribution in [0, 0.1) is 0 Å². The topological polar surface area (TPSA) is 94.0 Å². The molecule has 10 heteroatoms. The molecule has 0 saturated carbocycles. The van der Waals surface area contributed by atoms with Crippen molar-refractivity contribution in [1.29, 1.82) is 0 Å². The molecule has 3 aromatic rings. The first kappa shape index (κ1) is 24.3. The largest absolute Gasteiger partial charge is 0.378 e. The fourth-order valence-electron chi connectivity index (χ4n) is 5.37. The SMILES string of the molecule is CC1CN(Cc2ccc(-n3nc(C(=O)N4CCOCC4)c4c3-c3ccccc3S(=O)(=O)C4)cc2)CCO1. The van der Waals surface area contributed by atoms with E-state index in [0.29, 0.717) is 43.1 Å². The Hall–Kier alpha value is -3.05. The van der Waals surface area contributed by atoms with E-state index in [4.69, 9.17) is 14.6 Å². The molecule has 0 radical (unpaired) electrons. The zero-order chi connectivity index (χ0) is 25.6. The summed E-state index contributed by atoms with van der Waals surface area (Å²) < 4.78 is 39.2. The minimum Gasteiger partial charge on any atom is -0.378 e. The van der Waals surface area contributed by atoms with Crippen molar-refractivity contribution in [2.24, 2.45) is 0 Å². The van der Waals surface area contributed by atoms with Gasteiger partial charge in [0.25, 0.3) is 5.91 Å². The second-order valence-corrected chi connectivity index (χ2v) is 11.8. The van der Waals surface area contributed by atoms with Crippen LogP contribution in [0.4, 0.5) is 0 Å². The average Bonchev–Trinajstić information content (AvgIpc) is 3.28. The number of carbonyl (C=O) groups is 1. The van der Waals surface area contributed by atoms with E-state index in [1.165, 1.54) is 5.56 Å². The van der Waals surface area contributed by atoms with E-state index in [0.717, 1.165) is 31.9 Å². The van der Waals surface area contributed by atoms with Gasteiger partial charge >= 0.3 is 0 Å². The highest BCUT2D eigenvalue weighted by Crippen LogP contribution is 2.40. The predicted octanol–water partition coefficient (Wildman–Crippen LogP) is 2.52. The van der Waals surface area contributed by atoms with Gasteiger partial charge in [0.05, 0.1) is 48.0 Å². The summed E-state index contributed by atoms with van der Waals surface area (Å²) in [5.41, 5.74) is 3.85. The van der Waals surface area contributed by atoms with Gasteiger partial charge in [-0.3, -0.25) is 9.69 Å². The van der Waals surface area contributed by atoms with E-state index >= 15 is 0 Å². The van der Waals surface area contributed by atoms with Crippen molar-refractivity contribution in [3.05, 3.63) is 65.4 Å². The zero-order valence-corrected chi connectivity index (χ0v) is 21.6. The average molecular weight is 523 g/mol. The molecule has 37 heavy (non-hydrogen) atoms. The van der Waals surface area contributed by atoms with Gasteiger partial charge in [-0.1, -0.05) is 30.3 Å². The van der Waals surface area contributed by atoms with Crippen molar-refractivity contribution in [3.63, 3.8) is 0 Å². The Kier molecular flexibility index (Phi) is 6.36. The number of aromatic nitrogens is 2. The molecule has 2 fully saturated rings. The zero-order valence-electron chi connectivity index (χ0n) is 20.8. The third-order valence-electron chi connectivity index (χ3n) is 7.21. The van der Waals surface area contributed by atoms with E-state index in [-0.39, 0.29) is 28.4 Å². The molecule has 2 aromatic carbocycles. The Morgan fingerprint density at radius 1 is 1.03 bits per heavy atom. The van der Waals surface area contributed by atoms with Crippen LogP contribution >= 0.6 is 0 Å². The van der Waals surface area contributed by atoms with Crippen molar-refractivity contribution >= 4 is 15.7 Å². The molecular weight excluding hydrogens is 492 g/mol. The van der Waals surface area contributed by atoms with Crippen LogP contribution in [0.15, 0.2) is 53.4 Å². The van der Waals surface area contributed by atoms with E-state index in [1.54, 1.807) is 27.8 Å². The predicted molar refractivity (Wildman–Crippen MR) is 137 cm³/mol. The lowest BCUT2D eigenvalue weighted by Crippen LogP contribution is -2.41. The molecule has 9 nitrogen and oxygen atoms in total. The quantitative estimate of drug-likeness (QED) is 0.520. The number of rotatable bonds is 4. The number of hydrogen-bond acceptors (Lipinski definition) is 7. The third kappa shape index (κ3) is 4.59. The van der Waals surface area contributed by atoms with Gasteiger partial charge in [-0.15, -0.1) is 0 Å². The summed E-state index contributed by atoms with van der Waals surface area (Å²) in [6.45, 7) is 7.28. The number of nitrogens with zero attached hydrogens (tertiary/aromatic N) is 4. The van der Waals surface area contributed by atoms with E-state index in [9.17, 15) is 13.2 Å². The standard InChI is InChI=1S/C27H30N4O5S/c1-19-16-29(10-15-36-19)17-20-6-8-21(9-7-20)31-26-22-4-2-3-5-24(22)37(33,34)18-23(26)25(28-31)27(32)30-11-13-35-14-12-30/h2-9,19H,10-18H2,1H3. The third-order valence-corrected chi connectivity index (χ3v) is 8.90. The highest BCUT2D eigenvalue weighted by Gasteiger charge is 2.37. The lowest BCUT2D eigenvalue weighted by atomic mass is 10.0. The van der Waals surface area contributed by atoms with Crippen LogP contribution in [0.1, 0.15) is 28.5 Å². The highest BCUT2D eigenvalue weighted by molar-refractivity contribution is 7.90. The van der Waals surface area contributed by atoms with Crippen LogP contribution in [-0.2, 0) is 31.6 Å². The number of benzene rings is 2. The van der Waals surface area contributed by atoms with Gasteiger partial charge < -0.3 is 14.4 Å². The van der Waals surface area contributed by atoms with Gasteiger partial charge in [0.1, 0.15) is 0 Å². The maximum absolute atomic E-state index is 13.5. The van der Waals surface area contributed by atoms with Crippen LogP contribution in [-0.4, -0.2) is 86.0 Å². The number of morpholine rings is 2. The van der Waals surface area contributed by atoms with Crippen molar-refractivity contribution in [2.75, 3.05) is 46.0 Å². The molecule has 3 aliphatic rings. The number of ether oxygens (including phenoxy) is 2. The number of sulfone groups is 1. The minimum absolute atomic E-state index is 0.196. The Labute approximate surface area is 216 Å². The molecule has 4 heterocycles. The number of fused-ring (bicyclic) bond motifs is 3. The van der Waals surface area contributed by atoms with Crippen LogP contribution in [0.3, 0.4) is 0 Å². The first-order chi connectivity index (χ1) is 17.9. The Morgan fingerprint density at radius 2 is 1.78 bits per heavy atom. The first-order valence-corrected chi connectivity index (χ1v) is 14.3. The Bertz CT molecular complexity index is 1430. The summed E-state index contributed by atoms with van der Waals surface area (Å²) in [6.07, 6.45) is 0.224. The summed E-state index contributed by atoms with van der Waals surface area (Å²) in [6, 6.07) is 15.1. The molecule has 0 bridgehead atoms. The van der Waals surface area contributed by atoms with Crippen LogP contribution in [0.2, 0.25) is 0 Å². The molecule has 1 amide bonds. The van der Waals surface area contributed by atoms with Crippen LogP contribution < -0.4 is 0 Å². The number of hydrogen-bond donors (Lipinski definition) is 0. The lowest BCUT2D eigenvalue weighted by Gasteiger charge is -2.31. The summed E-state index contributed by atoms with van der Waals surface area (Å²) in [5, 5.41) is 4.75. The molecule has 1 unspecified atom stereocenters. The van der Waals surface area contributed by atoms with Crippen molar-refractivity contribution < 1.29 is 22.7 Å². The maximum Gasteiger partial charge on any atom is 0.274 e. The van der Waals surface area contributed by atoms with E-state index in [2.05, 4.69) is 24.0 Å². The van der Waals surface area contributed by atoms with Gasteiger partial charge in [0, 0.05) is 43.9 Å². The second-order valence-electron chi connectivity index (χ2n) is 9.83. The molecule has 0 aliphatic carbocycles. The molecule has 0 N–H and O–H groups in total. The summed E-state index contributed by atoms with van der Waals surface area (Å²) in [4.78, 5) is 17.9. The van der Waals surface area contributed by atoms with Crippen molar-refractivity contribution in [3.8, 4) is 16.9 Å². The van der Waals surface area contributed by atoms with Crippen LogP contribution in [0.25, 0.3) is 16.9 Å². The molecule has 194 valence electrons. The lowest BCUT2D eigenvalue weighted by molar-refractivity contribution is -0.0212. The molecule has 0 spiro atoms. The molecule has 1 aromatic heterocycles. The molecule has 3 aliphatic heterocycles. The fraction of sp³-hybridized carbons (Fsp3) is 0.407. The van der Waals surface area contributed by atoms with E-state index in [1.807, 2.05) is 18.2 Å². The van der Waals surface area contributed by atoms with Gasteiger partial charge in [-0.05, 0) is 30.7 Å². The fourth-order valence-corrected chi connectivity index (χ4v) is 6.97. The van der Waals surface area contributed by atoms with E-state index < -0.39 is 9.84 Å². The summed E-state index contributed by atoms with van der Waals surface area (Å²) in [7, 11) is -3.60. The summed E-state index contributed by atoms with van der Waals surface area (Å²) in [5.74, 6) is -0.510. The van der Waals surface area contributed by atoms with Gasteiger partial charge in [0.2, 0.25) is 0 Å².